The summed E-state index contributed by atoms with van der Waals surface area (Å²) in [6.07, 6.45) is -0.241. The van der Waals surface area contributed by atoms with E-state index in [9.17, 15) is 0 Å². The van der Waals surface area contributed by atoms with E-state index in [-0.39, 0.29) is 6.29 Å². The Balaban J connectivity index is 1.98. The topological polar surface area (TPSA) is 44.5 Å². The van der Waals surface area contributed by atoms with Crippen LogP contribution < -0.4 is 5.73 Å². The SMILES string of the molecule is Nc1ccccc1-c1cccc(C2OCCO2)c1. The zero-order chi connectivity index (χ0) is 12.4. The zero-order valence-corrected chi connectivity index (χ0v) is 10.0. The molecule has 0 radical (unpaired) electrons. The van der Waals surface area contributed by atoms with Crippen LogP contribution in [-0.4, -0.2) is 13.2 Å². The van der Waals surface area contributed by atoms with E-state index in [4.69, 9.17) is 15.2 Å². The van der Waals surface area contributed by atoms with Gasteiger partial charge >= 0.3 is 0 Å². The van der Waals surface area contributed by atoms with Gasteiger partial charge in [-0.1, -0.05) is 36.4 Å². The maximum atomic E-state index is 5.99. The summed E-state index contributed by atoms with van der Waals surface area (Å²) in [5, 5.41) is 0. The van der Waals surface area contributed by atoms with Gasteiger partial charge in [0.25, 0.3) is 0 Å². The zero-order valence-electron chi connectivity index (χ0n) is 10.0. The average Bonchev–Trinajstić information content (AvgIpc) is 2.93. The molecule has 1 fully saturated rings. The minimum atomic E-state index is -0.241. The third-order valence-electron chi connectivity index (χ3n) is 3.05. The lowest BCUT2D eigenvalue weighted by Crippen LogP contribution is -1.98. The van der Waals surface area contributed by atoms with E-state index in [1.807, 2.05) is 42.5 Å². The monoisotopic (exact) mass is 241 g/mol. The van der Waals surface area contributed by atoms with Crippen molar-refractivity contribution in [1.82, 2.24) is 0 Å². The minimum absolute atomic E-state index is 0.241. The summed E-state index contributed by atoms with van der Waals surface area (Å²) in [4.78, 5) is 0. The number of benzene rings is 2. The van der Waals surface area contributed by atoms with Crippen molar-refractivity contribution in [3.8, 4) is 11.1 Å². The smallest absolute Gasteiger partial charge is 0.184 e. The fourth-order valence-electron chi connectivity index (χ4n) is 2.16. The highest BCUT2D eigenvalue weighted by atomic mass is 16.7. The summed E-state index contributed by atoms with van der Waals surface area (Å²) in [5.74, 6) is 0. The molecule has 2 aromatic rings. The number of nitrogens with two attached hydrogens (primary N) is 1. The van der Waals surface area contributed by atoms with Crippen molar-refractivity contribution in [3.63, 3.8) is 0 Å². The van der Waals surface area contributed by atoms with E-state index in [1.165, 1.54) is 0 Å². The Labute approximate surface area is 106 Å². The van der Waals surface area contributed by atoms with Crippen molar-refractivity contribution >= 4 is 5.69 Å². The third-order valence-corrected chi connectivity index (χ3v) is 3.05. The van der Waals surface area contributed by atoms with Crippen molar-refractivity contribution in [2.45, 2.75) is 6.29 Å². The number of anilines is 1. The third kappa shape index (κ3) is 2.10. The van der Waals surface area contributed by atoms with Crippen molar-refractivity contribution in [1.29, 1.82) is 0 Å². The molecule has 18 heavy (non-hydrogen) atoms. The van der Waals surface area contributed by atoms with Gasteiger partial charge in [0.1, 0.15) is 0 Å². The maximum Gasteiger partial charge on any atom is 0.184 e. The van der Waals surface area contributed by atoms with Crippen LogP contribution >= 0.6 is 0 Å². The predicted octanol–water partition coefficient (Wildman–Crippen LogP) is 2.98. The highest BCUT2D eigenvalue weighted by molar-refractivity contribution is 5.76. The first kappa shape index (κ1) is 11.3. The molecule has 1 aliphatic rings. The van der Waals surface area contributed by atoms with Crippen LogP contribution in [0.25, 0.3) is 11.1 Å². The second kappa shape index (κ2) is 4.80. The molecule has 0 saturated carbocycles. The molecular weight excluding hydrogens is 226 g/mol. The Morgan fingerprint density at radius 3 is 2.50 bits per heavy atom. The highest BCUT2D eigenvalue weighted by Crippen LogP contribution is 2.30. The first-order chi connectivity index (χ1) is 8.84. The van der Waals surface area contributed by atoms with Gasteiger partial charge in [-0.25, -0.2) is 0 Å². The Hall–Kier alpha value is -1.84. The second-order valence-electron chi connectivity index (χ2n) is 4.29. The summed E-state index contributed by atoms with van der Waals surface area (Å²) >= 11 is 0. The maximum absolute atomic E-state index is 5.99. The Morgan fingerprint density at radius 2 is 1.72 bits per heavy atom. The van der Waals surface area contributed by atoms with Gasteiger partial charge in [-0.05, 0) is 17.7 Å². The van der Waals surface area contributed by atoms with Crippen LogP contribution in [0.15, 0.2) is 48.5 Å². The van der Waals surface area contributed by atoms with Crippen LogP contribution in [0.4, 0.5) is 5.69 Å². The first-order valence-corrected chi connectivity index (χ1v) is 6.02. The van der Waals surface area contributed by atoms with Crippen LogP contribution in [-0.2, 0) is 9.47 Å². The lowest BCUT2D eigenvalue weighted by molar-refractivity contribution is -0.0440. The first-order valence-electron chi connectivity index (χ1n) is 6.02. The quantitative estimate of drug-likeness (QED) is 0.822. The summed E-state index contributed by atoms with van der Waals surface area (Å²) in [6.45, 7) is 1.31. The number of hydrogen-bond acceptors (Lipinski definition) is 3. The molecule has 1 aliphatic heterocycles. The van der Waals surface area contributed by atoms with E-state index in [1.54, 1.807) is 0 Å². The van der Waals surface area contributed by atoms with E-state index >= 15 is 0 Å². The van der Waals surface area contributed by atoms with Crippen LogP contribution in [0.5, 0.6) is 0 Å². The van der Waals surface area contributed by atoms with Crippen LogP contribution in [0.1, 0.15) is 11.9 Å². The number of nitrogen functional groups attached to an aromatic ring is 1. The molecule has 2 N–H and O–H groups in total. The van der Waals surface area contributed by atoms with Crippen molar-refractivity contribution in [3.05, 3.63) is 54.1 Å². The number of ether oxygens (including phenoxy) is 2. The van der Waals surface area contributed by atoms with Gasteiger partial charge in [-0.15, -0.1) is 0 Å². The molecule has 0 aromatic heterocycles. The summed E-state index contributed by atoms with van der Waals surface area (Å²) in [7, 11) is 0. The Bertz CT molecular complexity index is 548. The number of para-hydroxylation sites is 1. The van der Waals surface area contributed by atoms with Crippen molar-refractivity contribution < 1.29 is 9.47 Å². The lowest BCUT2D eigenvalue weighted by Gasteiger charge is -2.12. The molecule has 3 rings (SSSR count). The van der Waals surface area contributed by atoms with E-state index in [0.717, 1.165) is 22.4 Å². The standard InChI is InChI=1S/C15H15NO2/c16-14-7-2-1-6-13(14)11-4-3-5-12(10-11)15-17-8-9-18-15/h1-7,10,15H,8-9,16H2. The normalized spacial score (nSPS) is 16.0. The summed E-state index contributed by atoms with van der Waals surface area (Å²) < 4.78 is 11.0. The average molecular weight is 241 g/mol. The molecule has 1 heterocycles. The van der Waals surface area contributed by atoms with Crippen LogP contribution in [0.3, 0.4) is 0 Å². The molecule has 0 aliphatic carbocycles. The van der Waals surface area contributed by atoms with Gasteiger partial charge in [0.15, 0.2) is 6.29 Å². The molecule has 0 unspecified atom stereocenters. The lowest BCUT2D eigenvalue weighted by atomic mass is 10.0. The predicted molar refractivity (Wildman–Crippen MR) is 70.9 cm³/mol. The molecule has 1 saturated heterocycles. The molecule has 2 aromatic carbocycles. The summed E-state index contributed by atoms with van der Waals surface area (Å²) in [5.41, 5.74) is 9.94. The van der Waals surface area contributed by atoms with Crippen molar-refractivity contribution in [2.75, 3.05) is 18.9 Å². The fraction of sp³-hybridized carbons (Fsp3) is 0.200. The molecule has 0 amide bonds. The second-order valence-corrected chi connectivity index (χ2v) is 4.29. The molecule has 3 heteroatoms. The van der Waals surface area contributed by atoms with Crippen LogP contribution in [0, 0.1) is 0 Å². The molecule has 92 valence electrons. The molecule has 0 atom stereocenters. The highest BCUT2D eigenvalue weighted by Gasteiger charge is 2.18. The molecule has 0 spiro atoms. The van der Waals surface area contributed by atoms with E-state index < -0.39 is 0 Å². The van der Waals surface area contributed by atoms with Gasteiger partial charge < -0.3 is 15.2 Å². The van der Waals surface area contributed by atoms with Crippen molar-refractivity contribution in [2.24, 2.45) is 0 Å². The number of rotatable bonds is 2. The van der Waals surface area contributed by atoms with Crippen LogP contribution in [0.2, 0.25) is 0 Å². The largest absolute Gasteiger partial charge is 0.398 e. The van der Waals surface area contributed by atoms with Gasteiger partial charge in [0, 0.05) is 16.8 Å². The van der Waals surface area contributed by atoms with E-state index in [2.05, 4.69) is 6.07 Å². The Kier molecular flexibility index (Phi) is 3.00. The summed E-state index contributed by atoms with van der Waals surface area (Å²) in [6, 6.07) is 16.0. The van der Waals surface area contributed by atoms with Gasteiger partial charge in [-0.3, -0.25) is 0 Å². The fourth-order valence-corrected chi connectivity index (χ4v) is 2.16. The van der Waals surface area contributed by atoms with Gasteiger partial charge in [0.2, 0.25) is 0 Å². The van der Waals surface area contributed by atoms with E-state index in [0.29, 0.717) is 13.2 Å². The molecular formula is C15H15NO2. The Morgan fingerprint density at radius 1 is 0.944 bits per heavy atom. The van der Waals surface area contributed by atoms with Gasteiger partial charge in [0.05, 0.1) is 13.2 Å². The minimum Gasteiger partial charge on any atom is -0.398 e. The molecule has 3 nitrogen and oxygen atoms in total. The molecule has 0 bridgehead atoms. The van der Waals surface area contributed by atoms with Gasteiger partial charge in [-0.2, -0.15) is 0 Å². The number of hydrogen-bond donors (Lipinski definition) is 1.